The van der Waals surface area contributed by atoms with Crippen LogP contribution in [0.2, 0.25) is 0 Å². The Kier molecular flexibility index (Phi) is 6.31. The first-order valence-corrected chi connectivity index (χ1v) is 7.65. The number of ether oxygens (including phenoxy) is 1. The molecule has 0 atom stereocenters. The number of nitrogens with one attached hydrogen (secondary N) is 2. The Balaban J connectivity index is 1.85. The zero-order chi connectivity index (χ0) is 17.4. The third-order valence-corrected chi connectivity index (χ3v) is 3.16. The van der Waals surface area contributed by atoms with Crippen molar-refractivity contribution in [2.75, 3.05) is 23.8 Å². The number of amides is 1. The van der Waals surface area contributed by atoms with Gasteiger partial charge in [0.2, 0.25) is 5.91 Å². The van der Waals surface area contributed by atoms with E-state index < -0.39 is 5.82 Å². The van der Waals surface area contributed by atoms with Crippen LogP contribution in [0.15, 0.2) is 48.5 Å². The molecule has 2 rings (SSSR count). The number of benzene rings is 2. The van der Waals surface area contributed by atoms with Crippen molar-refractivity contribution < 1.29 is 18.7 Å². The van der Waals surface area contributed by atoms with Crippen LogP contribution in [-0.2, 0) is 9.53 Å². The number of halogens is 1. The van der Waals surface area contributed by atoms with E-state index in [-0.39, 0.29) is 24.1 Å². The van der Waals surface area contributed by atoms with E-state index in [0.29, 0.717) is 17.9 Å². The molecule has 0 aliphatic carbocycles. The molecule has 0 fully saturated rings. The molecular weight excluding hydrogens is 311 g/mol. The lowest BCUT2D eigenvalue weighted by Gasteiger charge is -2.09. The second-order valence-corrected chi connectivity index (χ2v) is 5.09. The lowest BCUT2D eigenvalue weighted by molar-refractivity contribution is -0.114. The molecule has 5 nitrogen and oxygen atoms in total. The van der Waals surface area contributed by atoms with E-state index >= 15 is 0 Å². The van der Waals surface area contributed by atoms with Crippen LogP contribution in [0.5, 0.6) is 0 Å². The molecule has 2 aromatic rings. The summed E-state index contributed by atoms with van der Waals surface area (Å²) in [6.45, 7) is 2.29. The summed E-state index contributed by atoms with van der Waals surface area (Å²) in [6.07, 6.45) is 0.766. The fraction of sp³-hybridized carbons (Fsp3) is 0.222. The molecule has 0 heterocycles. The van der Waals surface area contributed by atoms with Crippen molar-refractivity contribution in [2.45, 2.75) is 13.3 Å². The average Bonchev–Trinajstić information content (AvgIpc) is 2.60. The molecule has 2 N–H and O–H groups in total. The molecule has 24 heavy (non-hydrogen) atoms. The van der Waals surface area contributed by atoms with Crippen LogP contribution in [0.4, 0.5) is 15.8 Å². The molecule has 0 radical (unpaired) electrons. The Morgan fingerprint density at radius 2 is 1.79 bits per heavy atom. The topological polar surface area (TPSA) is 67.4 Å². The van der Waals surface area contributed by atoms with Crippen molar-refractivity contribution in [2.24, 2.45) is 0 Å². The van der Waals surface area contributed by atoms with Crippen molar-refractivity contribution in [3.05, 3.63) is 59.9 Å². The van der Waals surface area contributed by atoms with Crippen LogP contribution in [0, 0.1) is 5.82 Å². The standard InChI is InChI=1S/C18H19FN2O3/c1-2-11-24-18(23)13-7-9-14(10-8-13)20-12-17(22)21-16-6-4-3-5-15(16)19/h3-10,20H,2,11-12H2,1H3,(H,21,22). The van der Waals surface area contributed by atoms with Gasteiger partial charge in [0.15, 0.2) is 0 Å². The van der Waals surface area contributed by atoms with Crippen LogP contribution in [-0.4, -0.2) is 25.0 Å². The minimum atomic E-state index is -0.485. The maximum absolute atomic E-state index is 13.4. The number of rotatable bonds is 7. The smallest absolute Gasteiger partial charge is 0.338 e. The number of anilines is 2. The van der Waals surface area contributed by atoms with E-state index in [1.807, 2.05) is 6.92 Å². The molecule has 0 spiro atoms. The van der Waals surface area contributed by atoms with Gasteiger partial charge in [0.25, 0.3) is 0 Å². The summed E-state index contributed by atoms with van der Waals surface area (Å²) in [7, 11) is 0. The van der Waals surface area contributed by atoms with Gasteiger partial charge in [-0.25, -0.2) is 9.18 Å². The van der Waals surface area contributed by atoms with E-state index in [9.17, 15) is 14.0 Å². The van der Waals surface area contributed by atoms with Gasteiger partial charge < -0.3 is 15.4 Å². The molecule has 6 heteroatoms. The summed E-state index contributed by atoms with van der Waals surface area (Å²) in [5.74, 6) is -1.23. The largest absolute Gasteiger partial charge is 0.462 e. The number of carbonyl (C=O) groups is 2. The molecule has 0 saturated carbocycles. The van der Waals surface area contributed by atoms with E-state index in [1.54, 1.807) is 36.4 Å². The zero-order valence-electron chi connectivity index (χ0n) is 13.3. The first-order chi connectivity index (χ1) is 11.6. The van der Waals surface area contributed by atoms with Crippen molar-refractivity contribution in [1.82, 2.24) is 0 Å². The predicted molar refractivity (Wildman–Crippen MR) is 90.5 cm³/mol. The van der Waals surface area contributed by atoms with Crippen LogP contribution in [0.1, 0.15) is 23.7 Å². The molecule has 126 valence electrons. The quantitative estimate of drug-likeness (QED) is 0.763. The van der Waals surface area contributed by atoms with Gasteiger partial charge in [0.1, 0.15) is 5.82 Å². The van der Waals surface area contributed by atoms with Crippen LogP contribution in [0.3, 0.4) is 0 Å². The van der Waals surface area contributed by atoms with Crippen molar-refractivity contribution >= 4 is 23.3 Å². The highest BCUT2D eigenvalue weighted by molar-refractivity contribution is 5.94. The maximum atomic E-state index is 13.4. The summed E-state index contributed by atoms with van der Waals surface area (Å²) in [6, 6.07) is 12.6. The Morgan fingerprint density at radius 3 is 2.46 bits per heavy atom. The van der Waals surface area contributed by atoms with Crippen molar-refractivity contribution in [3.63, 3.8) is 0 Å². The number of para-hydroxylation sites is 1. The third-order valence-electron chi connectivity index (χ3n) is 3.16. The Labute approximate surface area is 139 Å². The maximum Gasteiger partial charge on any atom is 0.338 e. The lowest BCUT2D eigenvalue weighted by atomic mass is 10.2. The molecule has 0 aromatic heterocycles. The molecule has 0 bridgehead atoms. The molecule has 0 aliphatic heterocycles. The summed E-state index contributed by atoms with van der Waals surface area (Å²) >= 11 is 0. The van der Waals surface area contributed by atoms with Gasteiger partial charge in [-0.05, 0) is 42.8 Å². The number of esters is 1. The molecule has 2 aromatic carbocycles. The Morgan fingerprint density at radius 1 is 1.08 bits per heavy atom. The first kappa shape index (κ1) is 17.5. The van der Waals surface area contributed by atoms with Gasteiger partial charge in [-0.3, -0.25) is 4.79 Å². The fourth-order valence-electron chi connectivity index (χ4n) is 1.94. The second-order valence-electron chi connectivity index (χ2n) is 5.09. The highest BCUT2D eigenvalue weighted by Crippen LogP contribution is 2.13. The minimum absolute atomic E-state index is 0.0199. The predicted octanol–water partition coefficient (Wildman–Crippen LogP) is 3.44. The zero-order valence-corrected chi connectivity index (χ0v) is 13.3. The highest BCUT2D eigenvalue weighted by Gasteiger charge is 2.08. The van der Waals surface area contributed by atoms with Crippen molar-refractivity contribution in [3.8, 4) is 0 Å². The molecule has 1 amide bonds. The number of carbonyl (C=O) groups excluding carboxylic acids is 2. The van der Waals surface area contributed by atoms with Gasteiger partial charge in [-0.2, -0.15) is 0 Å². The molecule has 0 saturated heterocycles. The summed E-state index contributed by atoms with van der Waals surface area (Å²) in [5.41, 5.74) is 1.26. The van der Waals surface area contributed by atoms with Crippen molar-refractivity contribution in [1.29, 1.82) is 0 Å². The second kappa shape index (κ2) is 8.67. The van der Waals surface area contributed by atoms with E-state index in [2.05, 4.69) is 10.6 Å². The van der Waals surface area contributed by atoms with Crippen LogP contribution in [0.25, 0.3) is 0 Å². The van der Waals surface area contributed by atoms with E-state index in [0.717, 1.165) is 6.42 Å². The monoisotopic (exact) mass is 330 g/mol. The van der Waals surface area contributed by atoms with Gasteiger partial charge in [0.05, 0.1) is 24.4 Å². The van der Waals surface area contributed by atoms with Gasteiger partial charge >= 0.3 is 5.97 Å². The first-order valence-electron chi connectivity index (χ1n) is 7.65. The molecule has 0 unspecified atom stereocenters. The Hall–Kier alpha value is -2.89. The summed E-state index contributed by atoms with van der Waals surface area (Å²) in [5, 5.41) is 5.39. The van der Waals surface area contributed by atoms with E-state index in [4.69, 9.17) is 4.74 Å². The van der Waals surface area contributed by atoms with Crippen LogP contribution >= 0.6 is 0 Å². The van der Waals surface area contributed by atoms with Gasteiger partial charge in [-0.1, -0.05) is 19.1 Å². The number of hydrogen-bond acceptors (Lipinski definition) is 4. The average molecular weight is 330 g/mol. The number of hydrogen-bond donors (Lipinski definition) is 2. The SMILES string of the molecule is CCCOC(=O)c1ccc(NCC(=O)Nc2ccccc2F)cc1. The third kappa shape index (κ3) is 5.08. The fourth-order valence-corrected chi connectivity index (χ4v) is 1.94. The molecule has 0 aliphatic rings. The summed E-state index contributed by atoms with van der Waals surface area (Å²) in [4.78, 5) is 23.5. The van der Waals surface area contributed by atoms with Crippen LogP contribution < -0.4 is 10.6 Å². The summed E-state index contributed by atoms with van der Waals surface area (Å²) < 4.78 is 18.5. The van der Waals surface area contributed by atoms with Gasteiger partial charge in [0, 0.05) is 5.69 Å². The lowest BCUT2D eigenvalue weighted by Crippen LogP contribution is -2.22. The minimum Gasteiger partial charge on any atom is -0.462 e. The molecular formula is C18H19FN2O3. The normalized spacial score (nSPS) is 10.1. The Bertz CT molecular complexity index is 702. The highest BCUT2D eigenvalue weighted by atomic mass is 19.1. The van der Waals surface area contributed by atoms with E-state index in [1.165, 1.54) is 12.1 Å². The van der Waals surface area contributed by atoms with Gasteiger partial charge in [-0.15, -0.1) is 0 Å².